The van der Waals surface area contributed by atoms with Crippen LogP contribution in [0.3, 0.4) is 0 Å². The Labute approximate surface area is 175 Å². The third kappa shape index (κ3) is 4.15. The highest BCUT2D eigenvalue weighted by Gasteiger charge is 2.30. The Bertz CT molecular complexity index is 1070. The summed E-state index contributed by atoms with van der Waals surface area (Å²) in [6, 6.07) is 14.5. The monoisotopic (exact) mass is 406 g/mol. The molecule has 1 aliphatic rings. The number of anilines is 1. The van der Waals surface area contributed by atoms with E-state index < -0.39 is 0 Å². The van der Waals surface area contributed by atoms with Crippen LogP contribution >= 0.6 is 0 Å². The van der Waals surface area contributed by atoms with Crippen LogP contribution in [0.5, 0.6) is 0 Å². The molecule has 0 radical (unpaired) electrons. The molecule has 2 N–H and O–H groups in total. The Hall–Kier alpha value is -3.35. The highest BCUT2D eigenvalue weighted by atomic mass is 16.3. The van der Waals surface area contributed by atoms with Gasteiger partial charge in [0.15, 0.2) is 5.58 Å². The fourth-order valence-electron chi connectivity index (χ4n) is 3.57. The van der Waals surface area contributed by atoms with Gasteiger partial charge >= 0.3 is 6.03 Å². The van der Waals surface area contributed by atoms with Gasteiger partial charge in [-0.2, -0.15) is 0 Å². The van der Waals surface area contributed by atoms with E-state index in [0.29, 0.717) is 35.8 Å². The fraction of sp³-hybridized carbons (Fsp3) is 0.348. The van der Waals surface area contributed by atoms with Gasteiger partial charge in [-0.05, 0) is 23.8 Å². The van der Waals surface area contributed by atoms with Crippen LogP contribution in [0, 0.1) is 0 Å². The number of oxazole rings is 1. The molecule has 1 fully saturated rings. The van der Waals surface area contributed by atoms with Crippen LogP contribution in [-0.2, 0) is 10.2 Å². The zero-order valence-corrected chi connectivity index (χ0v) is 17.4. The second-order valence-corrected chi connectivity index (χ2v) is 8.56. The Morgan fingerprint density at radius 2 is 1.97 bits per heavy atom. The molecule has 1 atom stereocenters. The standard InChI is InChI=1S/C23H26N4O3/c1-23(2,3)21-26-17-13-16(9-10-19(17)30-21)25-22(29)27-12-11-24-20(28)14-18(27)15-7-5-4-6-8-15/h4-10,13,18H,11-12,14H2,1-3H3,(H,24,28)(H,25,29)/t18-/m1/s1. The molecule has 2 heterocycles. The first-order valence-electron chi connectivity index (χ1n) is 10.1. The minimum Gasteiger partial charge on any atom is -0.440 e. The molecule has 0 spiro atoms. The molecule has 2 aromatic carbocycles. The number of hydrogen-bond donors (Lipinski definition) is 2. The van der Waals surface area contributed by atoms with Gasteiger partial charge in [0.05, 0.1) is 12.5 Å². The van der Waals surface area contributed by atoms with Crippen molar-refractivity contribution in [3.8, 4) is 0 Å². The summed E-state index contributed by atoms with van der Waals surface area (Å²) in [4.78, 5) is 31.6. The molecule has 3 amide bonds. The van der Waals surface area contributed by atoms with Crippen LogP contribution in [0.15, 0.2) is 52.9 Å². The number of carbonyl (C=O) groups excluding carboxylic acids is 2. The average Bonchev–Trinajstić information content (AvgIpc) is 3.04. The molecule has 3 aromatic rings. The van der Waals surface area contributed by atoms with Crippen molar-refractivity contribution in [2.75, 3.05) is 18.4 Å². The number of nitrogens with one attached hydrogen (secondary N) is 2. The van der Waals surface area contributed by atoms with Crippen molar-refractivity contribution in [2.24, 2.45) is 0 Å². The first kappa shape index (κ1) is 19.9. The Morgan fingerprint density at radius 3 is 2.70 bits per heavy atom. The molecule has 156 valence electrons. The number of aromatic nitrogens is 1. The molecule has 0 saturated carbocycles. The lowest BCUT2D eigenvalue weighted by Gasteiger charge is -2.29. The molecule has 4 rings (SSSR count). The largest absolute Gasteiger partial charge is 0.440 e. The maximum Gasteiger partial charge on any atom is 0.322 e. The number of carbonyl (C=O) groups is 2. The number of fused-ring (bicyclic) bond motifs is 1. The van der Waals surface area contributed by atoms with E-state index in [4.69, 9.17) is 4.42 Å². The number of benzene rings is 2. The van der Waals surface area contributed by atoms with E-state index in [1.807, 2.05) is 63.2 Å². The fourth-order valence-corrected chi connectivity index (χ4v) is 3.57. The second-order valence-electron chi connectivity index (χ2n) is 8.56. The first-order valence-corrected chi connectivity index (χ1v) is 10.1. The summed E-state index contributed by atoms with van der Waals surface area (Å²) >= 11 is 0. The van der Waals surface area contributed by atoms with Gasteiger partial charge in [-0.15, -0.1) is 0 Å². The lowest BCUT2D eigenvalue weighted by molar-refractivity contribution is -0.121. The summed E-state index contributed by atoms with van der Waals surface area (Å²) in [6.07, 6.45) is 0.231. The predicted octanol–water partition coefficient (Wildman–Crippen LogP) is 4.22. The van der Waals surface area contributed by atoms with Gasteiger partial charge < -0.3 is 20.0 Å². The van der Waals surface area contributed by atoms with Crippen molar-refractivity contribution < 1.29 is 14.0 Å². The van der Waals surface area contributed by atoms with Crippen molar-refractivity contribution in [3.05, 3.63) is 60.0 Å². The molecule has 1 saturated heterocycles. The molecule has 1 aliphatic heterocycles. The van der Waals surface area contributed by atoms with Crippen LogP contribution in [0.4, 0.5) is 10.5 Å². The van der Waals surface area contributed by atoms with Gasteiger partial charge in [-0.25, -0.2) is 9.78 Å². The molecule has 0 bridgehead atoms. The Morgan fingerprint density at radius 1 is 1.20 bits per heavy atom. The lowest BCUT2D eigenvalue weighted by Crippen LogP contribution is -2.39. The van der Waals surface area contributed by atoms with Crippen molar-refractivity contribution >= 4 is 28.7 Å². The first-order chi connectivity index (χ1) is 14.3. The van der Waals surface area contributed by atoms with E-state index in [-0.39, 0.29) is 29.8 Å². The number of rotatable bonds is 2. The minimum atomic E-state index is -0.322. The Kier molecular flexibility index (Phi) is 5.20. The van der Waals surface area contributed by atoms with Gasteiger partial charge in [-0.1, -0.05) is 51.1 Å². The van der Waals surface area contributed by atoms with Gasteiger partial charge in [0.25, 0.3) is 0 Å². The van der Waals surface area contributed by atoms with Crippen LogP contribution in [0.2, 0.25) is 0 Å². The molecular weight excluding hydrogens is 380 g/mol. The van der Waals surface area contributed by atoms with Crippen molar-refractivity contribution in [1.82, 2.24) is 15.2 Å². The average molecular weight is 406 g/mol. The van der Waals surface area contributed by atoms with Gasteiger partial charge in [0.1, 0.15) is 5.52 Å². The molecule has 0 aliphatic carbocycles. The zero-order valence-electron chi connectivity index (χ0n) is 17.4. The van der Waals surface area contributed by atoms with Crippen molar-refractivity contribution in [3.63, 3.8) is 0 Å². The van der Waals surface area contributed by atoms with E-state index in [2.05, 4.69) is 15.6 Å². The third-order valence-corrected chi connectivity index (χ3v) is 5.16. The minimum absolute atomic E-state index is 0.0575. The highest BCUT2D eigenvalue weighted by Crippen LogP contribution is 2.29. The van der Waals surface area contributed by atoms with E-state index >= 15 is 0 Å². The lowest BCUT2D eigenvalue weighted by atomic mass is 9.97. The van der Waals surface area contributed by atoms with E-state index in [9.17, 15) is 9.59 Å². The smallest absolute Gasteiger partial charge is 0.322 e. The predicted molar refractivity (Wildman–Crippen MR) is 115 cm³/mol. The summed E-state index contributed by atoms with van der Waals surface area (Å²) in [5, 5.41) is 5.81. The van der Waals surface area contributed by atoms with Gasteiger partial charge in [-0.3, -0.25) is 4.79 Å². The van der Waals surface area contributed by atoms with Crippen LogP contribution < -0.4 is 10.6 Å². The van der Waals surface area contributed by atoms with E-state index in [1.54, 1.807) is 11.0 Å². The zero-order chi connectivity index (χ0) is 21.3. The van der Waals surface area contributed by atoms with E-state index in [1.165, 1.54) is 0 Å². The summed E-state index contributed by atoms with van der Waals surface area (Å²) in [7, 11) is 0. The van der Waals surface area contributed by atoms with Gasteiger partial charge in [0.2, 0.25) is 11.8 Å². The highest BCUT2D eigenvalue weighted by molar-refractivity contribution is 5.92. The SMILES string of the molecule is CC(C)(C)c1nc2cc(NC(=O)N3CCNC(=O)C[C@@H]3c3ccccc3)ccc2o1. The number of nitrogens with zero attached hydrogens (tertiary/aromatic N) is 2. The molecule has 30 heavy (non-hydrogen) atoms. The Balaban J connectivity index is 1.58. The quantitative estimate of drug-likeness (QED) is 0.667. The van der Waals surface area contributed by atoms with Crippen molar-refractivity contribution in [2.45, 2.75) is 38.6 Å². The topological polar surface area (TPSA) is 87.5 Å². The van der Waals surface area contributed by atoms with Crippen LogP contribution in [0.25, 0.3) is 11.1 Å². The molecule has 0 unspecified atom stereocenters. The summed E-state index contributed by atoms with van der Waals surface area (Å²) in [5.74, 6) is 0.597. The summed E-state index contributed by atoms with van der Waals surface area (Å²) in [6.45, 7) is 6.97. The summed E-state index contributed by atoms with van der Waals surface area (Å²) < 4.78 is 5.83. The number of urea groups is 1. The normalized spacial score (nSPS) is 17.5. The van der Waals surface area contributed by atoms with Gasteiger partial charge in [0, 0.05) is 24.2 Å². The number of amides is 3. The molecule has 7 nitrogen and oxygen atoms in total. The van der Waals surface area contributed by atoms with Crippen LogP contribution in [0.1, 0.15) is 44.7 Å². The summed E-state index contributed by atoms with van der Waals surface area (Å²) in [5.41, 5.74) is 2.76. The molecular formula is C23H26N4O3. The maximum atomic E-state index is 13.1. The van der Waals surface area contributed by atoms with Crippen LogP contribution in [-0.4, -0.2) is 34.9 Å². The number of hydrogen-bond acceptors (Lipinski definition) is 4. The third-order valence-electron chi connectivity index (χ3n) is 5.16. The maximum absolute atomic E-state index is 13.1. The molecule has 7 heteroatoms. The van der Waals surface area contributed by atoms with E-state index in [0.717, 1.165) is 5.56 Å². The van der Waals surface area contributed by atoms with Crippen molar-refractivity contribution in [1.29, 1.82) is 0 Å². The second kappa shape index (κ2) is 7.82. The molecule has 1 aromatic heterocycles.